The number of rotatable bonds is 4. The number of hydrogen-bond acceptors (Lipinski definition) is 3. The first-order chi connectivity index (χ1) is 8.65. The summed E-state index contributed by atoms with van der Waals surface area (Å²) in [5, 5.41) is 4.21. The highest BCUT2D eigenvalue weighted by atomic mass is 16.1. The number of aromatic nitrogens is 2. The number of likely N-dealkylation sites (tertiary alicyclic amines) is 1. The smallest absolute Gasteiger partial charge is 0.131 e. The van der Waals surface area contributed by atoms with Crippen LogP contribution in [0.25, 0.3) is 0 Å². The third-order valence-electron chi connectivity index (χ3n) is 3.67. The van der Waals surface area contributed by atoms with Crippen LogP contribution in [0.15, 0.2) is 12.4 Å². The van der Waals surface area contributed by atoms with Gasteiger partial charge in [-0.05, 0) is 26.3 Å². The van der Waals surface area contributed by atoms with E-state index in [1.54, 1.807) is 6.92 Å². The molecule has 2 heterocycles. The maximum atomic E-state index is 11.4. The molecule has 0 radical (unpaired) electrons. The zero-order valence-corrected chi connectivity index (χ0v) is 11.4. The van der Waals surface area contributed by atoms with Gasteiger partial charge in [0.2, 0.25) is 0 Å². The van der Waals surface area contributed by atoms with Crippen molar-refractivity contribution < 1.29 is 4.79 Å². The highest BCUT2D eigenvalue weighted by molar-refractivity contribution is 5.76. The summed E-state index contributed by atoms with van der Waals surface area (Å²) in [5.41, 5.74) is 1.24. The quantitative estimate of drug-likeness (QED) is 0.820. The summed E-state index contributed by atoms with van der Waals surface area (Å²) in [7, 11) is 1.94. The molecule has 0 N–H and O–H groups in total. The Morgan fingerprint density at radius 1 is 1.44 bits per heavy atom. The third-order valence-corrected chi connectivity index (χ3v) is 3.67. The van der Waals surface area contributed by atoms with Crippen LogP contribution in [0.1, 0.15) is 44.6 Å². The van der Waals surface area contributed by atoms with E-state index in [1.165, 1.54) is 24.8 Å². The molecule has 1 aliphatic heterocycles. The molecule has 4 nitrogen and oxygen atoms in total. The van der Waals surface area contributed by atoms with Gasteiger partial charge in [-0.25, -0.2) is 0 Å². The Labute approximate surface area is 109 Å². The number of nitrogens with zero attached hydrogens (tertiary/aromatic N) is 3. The lowest BCUT2D eigenvalue weighted by molar-refractivity contribution is -0.118. The molecule has 1 aromatic rings. The third kappa shape index (κ3) is 3.67. The number of carbonyl (C=O) groups excluding carboxylic acids is 1. The van der Waals surface area contributed by atoms with Gasteiger partial charge in [-0.15, -0.1) is 0 Å². The molecule has 1 aromatic heterocycles. The average Bonchev–Trinajstić information content (AvgIpc) is 2.58. The summed E-state index contributed by atoms with van der Waals surface area (Å²) >= 11 is 0. The molecule has 0 spiro atoms. The van der Waals surface area contributed by atoms with Gasteiger partial charge in [0.1, 0.15) is 5.78 Å². The standard InChI is InChI=1S/C14H23N3O/c1-12(18)8-14-6-4-3-5-7-17(14)11-13-9-15-16(2)10-13/h9-10,14H,3-8,11H2,1-2H3. The van der Waals surface area contributed by atoms with Crippen molar-refractivity contribution in [1.82, 2.24) is 14.7 Å². The largest absolute Gasteiger partial charge is 0.300 e. The van der Waals surface area contributed by atoms with Crippen LogP contribution in [0, 0.1) is 0 Å². The summed E-state index contributed by atoms with van der Waals surface area (Å²) < 4.78 is 1.84. The van der Waals surface area contributed by atoms with E-state index in [1.807, 2.05) is 17.9 Å². The molecule has 1 aliphatic rings. The van der Waals surface area contributed by atoms with E-state index in [0.29, 0.717) is 18.2 Å². The van der Waals surface area contributed by atoms with Gasteiger partial charge in [0.25, 0.3) is 0 Å². The number of aryl methyl sites for hydroxylation is 1. The van der Waals surface area contributed by atoms with Crippen molar-refractivity contribution in [2.45, 2.75) is 51.6 Å². The summed E-state index contributed by atoms with van der Waals surface area (Å²) in [6.45, 7) is 3.73. The minimum atomic E-state index is 0.304. The van der Waals surface area contributed by atoms with Crippen LogP contribution in [0.2, 0.25) is 0 Å². The number of carbonyl (C=O) groups is 1. The minimum absolute atomic E-state index is 0.304. The van der Waals surface area contributed by atoms with Crippen molar-refractivity contribution in [2.24, 2.45) is 7.05 Å². The van der Waals surface area contributed by atoms with Crippen molar-refractivity contribution in [1.29, 1.82) is 0 Å². The van der Waals surface area contributed by atoms with Crippen LogP contribution in [0.5, 0.6) is 0 Å². The van der Waals surface area contributed by atoms with Crippen LogP contribution >= 0.6 is 0 Å². The fourth-order valence-corrected chi connectivity index (χ4v) is 2.80. The maximum absolute atomic E-state index is 11.4. The summed E-state index contributed by atoms with van der Waals surface area (Å²) in [5.74, 6) is 0.304. The van der Waals surface area contributed by atoms with Crippen molar-refractivity contribution in [3.8, 4) is 0 Å². The number of hydrogen-bond donors (Lipinski definition) is 0. The fraction of sp³-hybridized carbons (Fsp3) is 0.714. The second-order valence-electron chi connectivity index (χ2n) is 5.40. The van der Waals surface area contributed by atoms with Crippen LogP contribution in [0.3, 0.4) is 0 Å². The first-order valence-electron chi connectivity index (χ1n) is 6.86. The van der Waals surface area contributed by atoms with Crippen LogP contribution in [-0.4, -0.2) is 33.1 Å². The predicted octanol–water partition coefficient (Wildman–Crippen LogP) is 2.14. The molecule has 0 aliphatic carbocycles. The maximum Gasteiger partial charge on any atom is 0.131 e. The first-order valence-corrected chi connectivity index (χ1v) is 6.86. The van der Waals surface area contributed by atoms with E-state index < -0.39 is 0 Å². The van der Waals surface area contributed by atoms with Gasteiger partial charge < -0.3 is 0 Å². The SMILES string of the molecule is CC(=O)CC1CCCCCN1Cc1cnn(C)c1. The Hall–Kier alpha value is -1.16. The van der Waals surface area contributed by atoms with Crippen LogP contribution < -0.4 is 0 Å². The average molecular weight is 249 g/mol. The Bertz CT molecular complexity index is 399. The normalized spacial score (nSPS) is 21.8. The van der Waals surface area contributed by atoms with E-state index in [2.05, 4.69) is 16.2 Å². The van der Waals surface area contributed by atoms with Gasteiger partial charge >= 0.3 is 0 Å². The van der Waals surface area contributed by atoms with E-state index >= 15 is 0 Å². The van der Waals surface area contributed by atoms with Gasteiger partial charge in [-0.2, -0.15) is 5.10 Å². The lowest BCUT2D eigenvalue weighted by atomic mass is 10.0. The van der Waals surface area contributed by atoms with E-state index in [-0.39, 0.29) is 0 Å². The monoisotopic (exact) mass is 249 g/mol. The van der Waals surface area contributed by atoms with E-state index in [4.69, 9.17) is 0 Å². The Morgan fingerprint density at radius 3 is 2.94 bits per heavy atom. The molecule has 0 bridgehead atoms. The van der Waals surface area contributed by atoms with E-state index in [9.17, 15) is 4.79 Å². The zero-order valence-electron chi connectivity index (χ0n) is 11.4. The van der Waals surface area contributed by atoms with Crippen molar-refractivity contribution in [2.75, 3.05) is 6.54 Å². The molecule has 2 rings (SSSR count). The molecule has 0 saturated carbocycles. The molecule has 0 aromatic carbocycles. The van der Waals surface area contributed by atoms with Crippen LogP contribution in [-0.2, 0) is 18.4 Å². The lowest BCUT2D eigenvalue weighted by Crippen LogP contribution is -2.35. The second-order valence-corrected chi connectivity index (χ2v) is 5.40. The highest BCUT2D eigenvalue weighted by Gasteiger charge is 2.22. The van der Waals surface area contributed by atoms with E-state index in [0.717, 1.165) is 19.5 Å². The topological polar surface area (TPSA) is 38.1 Å². The van der Waals surface area contributed by atoms with Crippen LogP contribution in [0.4, 0.5) is 0 Å². The lowest BCUT2D eigenvalue weighted by Gasteiger charge is -2.28. The Kier molecular flexibility index (Phi) is 4.53. The first kappa shape index (κ1) is 13.3. The zero-order chi connectivity index (χ0) is 13.0. The predicted molar refractivity (Wildman–Crippen MR) is 71.2 cm³/mol. The van der Waals surface area contributed by atoms with Gasteiger partial charge in [0.05, 0.1) is 6.20 Å². The van der Waals surface area contributed by atoms with Gasteiger partial charge in [0.15, 0.2) is 0 Å². The molecule has 100 valence electrons. The number of ketones is 1. The van der Waals surface area contributed by atoms with Gasteiger partial charge in [0, 0.05) is 37.8 Å². The van der Waals surface area contributed by atoms with Crippen molar-refractivity contribution in [3.05, 3.63) is 18.0 Å². The molecule has 0 amide bonds. The molecule has 1 unspecified atom stereocenters. The minimum Gasteiger partial charge on any atom is -0.300 e. The molecule has 1 saturated heterocycles. The molecule has 1 fully saturated rings. The Balaban J connectivity index is 2.02. The molecule has 18 heavy (non-hydrogen) atoms. The summed E-state index contributed by atoms with van der Waals surface area (Å²) in [6.07, 6.45) is 9.62. The fourth-order valence-electron chi connectivity index (χ4n) is 2.80. The molecule has 1 atom stereocenters. The summed E-state index contributed by atoms with van der Waals surface area (Å²) in [4.78, 5) is 13.8. The van der Waals surface area contributed by atoms with Gasteiger partial charge in [-0.1, -0.05) is 12.8 Å². The summed E-state index contributed by atoms with van der Waals surface area (Å²) in [6, 6.07) is 0.421. The second kappa shape index (κ2) is 6.14. The molecular weight excluding hydrogens is 226 g/mol. The van der Waals surface area contributed by atoms with Crippen molar-refractivity contribution >= 4 is 5.78 Å². The number of Topliss-reactive ketones (excluding diaryl/α,β-unsaturated/α-hetero) is 1. The highest BCUT2D eigenvalue weighted by Crippen LogP contribution is 2.21. The molecular formula is C14H23N3O. The van der Waals surface area contributed by atoms with Gasteiger partial charge in [-0.3, -0.25) is 14.4 Å². The van der Waals surface area contributed by atoms with Crippen molar-refractivity contribution in [3.63, 3.8) is 0 Å². The Morgan fingerprint density at radius 2 is 2.28 bits per heavy atom. The molecule has 4 heteroatoms.